The van der Waals surface area contributed by atoms with Gasteiger partial charge in [0.25, 0.3) is 5.91 Å². The minimum absolute atomic E-state index is 0.123. The maximum Gasteiger partial charge on any atom is 0.253 e. The predicted octanol–water partition coefficient (Wildman–Crippen LogP) is 4.57. The molecule has 0 radical (unpaired) electrons. The predicted molar refractivity (Wildman–Crippen MR) is 171 cm³/mol. The summed E-state index contributed by atoms with van der Waals surface area (Å²) in [4.78, 5) is 49.1. The Kier molecular flexibility index (Phi) is 9.14. The Labute approximate surface area is 261 Å². The summed E-state index contributed by atoms with van der Waals surface area (Å²) >= 11 is 0. The molecule has 2 bridgehead atoms. The van der Waals surface area contributed by atoms with Gasteiger partial charge in [0, 0.05) is 38.5 Å². The fraction of sp³-hybridized carbons (Fsp3) is 0.472. The van der Waals surface area contributed by atoms with Crippen LogP contribution < -0.4 is 4.90 Å². The van der Waals surface area contributed by atoms with Crippen molar-refractivity contribution in [1.82, 2.24) is 9.80 Å². The number of carbonyl (C=O) groups is 3. The number of carbonyl (C=O) groups excluding carboxylic acids is 3. The number of anilines is 1. The molecule has 5 rings (SSSR count). The third kappa shape index (κ3) is 5.08. The zero-order chi connectivity index (χ0) is 31.6. The second-order valence-electron chi connectivity index (χ2n) is 12.4. The molecule has 3 fully saturated rings. The number of nitrogens with zero attached hydrogens (tertiary/aromatic N) is 3. The van der Waals surface area contributed by atoms with E-state index in [0.29, 0.717) is 38.8 Å². The summed E-state index contributed by atoms with van der Waals surface area (Å²) in [6, 6.07) is 14.7. The van der Waals surface area contributed by atoms with E-state index in [9.17, 15) is 19.5 Å². The summed E-state index contributed by atoms with van der Waals surface area (Å²) in [6.45, 7) is 14.8. The van der Waals surface area contributed by atoms with E-state index < -0.39 is 29.1 Å². The number of aliphatic hydroxyl groups is 1. The molecular formula is C36H45N3O5. The normalized spacial score (nSPS) is 26.9. The average molecular weight is 600 g/mol. The lowest BCUT2D eigenvalue weighted by atomic mass is 9.64. The highest BCUT2D eigenvalue weighted by molar-refractivity contribution is 6.05. The molecule has 8 nitrogen and oxygen atoms in total. The van der Waals surface area contributed by atoms with Crippen molar-refractivity contribution in [3.63, 3.8) is 0 Å². The highest BCUT2D eigenvalue weighted by atomic mass is 16.5. The fourth-order valence-corrected chi connectivity index (χ4v) is 8.04. The van der Waals surface area contributed by atoms with Gasteiger partial charge in [-0.25, -0.2) is 0 Å². The van der Waals surface area contributed by atoms with Gasteiger partial charge < -0.3 is 24.5 Å². The van der Waals surface area contributed by atoms with E-state index in [-0.39, 0.29) is 37.4 Å². The molecule has 1 N–H and O–H groups in total. The molecule has 0 aromatic heterocycles. The second kappa shape index (κ2) is 12.7. The van der Waals surface area contributed by atoms with Crippen molar-refractivity contribution in [2.75, 3.05) is 31.1 Å². The summed E-state index contributed by atoms with van der Waals surface area (Å²) in [7, 11) is 0. The van der Waals surface area contributed by atoms with E-state index in [0.717, 1.165) is 22.4 Å². The Bertz CT molecular complexity index is 1410. The van der Waals surface area contributed by atoms with Gasteiger partial charge in [0.1, 0.15) is 11.6 Å². The Morgan fingerprint density at radius 1 is 1.02 bits per heavy atom. The van der Waals surface area contributed by atoms with E-state index in [1.54, 1.807) is 26.9 Å². The number of ether oxygens (including phenoxy) is 1. The first-order valence-corrected chi connectivity index (χ1v) is 15.7. The zero-order valence-corrected chi connectivity index (χ0v) is 26.2. The van der Waals surface area contributed by atoms with Crippen LogP contribution in [0.3, 0.4) is 0 Å². The van der Waals surface area contributed by atoms with Gasteiger partial charge in [-0.1, -0.05) is 67.6 Å². The Morgan fingerprint density at radius 2 is 1.70 bits per heavy atom. The lowest BCUT2D eigenvalue weighted by Crippen LogP contribution is -2.57. The van der Waals surface area contributed by atoms with Crippen LogP contribution in [0.2, 0.25) is 0 Å². The number of likely N-dealkylation sites (tertiary alicyclic amines) is 1. The number of rotatable bonds is 13. The van der Waals surface area contributed by atoms with Gasteiger partial charge in [-0.3, -0.25) is 14.4 Å². The molecule has 0 saturated carbocycles. The van der Waals surface area contributed by atoms with Crippen LogP contribution in [-0.2, 0) is 25.7 Å². The molecule has 3 saturated heterocycles. The van der Waals surface area contributed by atoms with Crippen molar-refractivity contribution in [3.05, 3.63) is 90.5 Å². The van der Waals surface area contributed by atoms with E-state index in [2.05, 4.69) is 13.2 Å². The molecule has 2 aromatic rings. The van der Waals surface area contributed by atoms with Crippen LogP contribution in [0.1, 0.15) is 49.3 Å². The maximum atomic E-state index is 14.9. The van der Waals surface area contributed by atoms with E-state index >= 15 is 0 Å². The van der Waals surface area contributed by atoms with Crippen LogP contribution in [0.15, 0.2) is 73.8 Å². The first-order valence-electron chi connectivity index (χ1n) is 15.7. The van der Waals surface area contributed by atoms with Crippen molar-refractivity contribution in [1.29, 1.82) is 0 Å². The fourth-order valence-electron chi connectivity index (χ4n) is 8.04. The van der Waals surface area contributed by atoms with Crippen molar-refractivity contribution < 1.29 is 24.2 Å². The molecule has 5 atom stereocenters. The maximum absolute atomic E-state index is 14.9. The van der Waals surface area contributed by atoms with Gasteiger partial charge in [-0.2, -0.15) is 0 Å². The number of aliphatic hydroxyl groups excluding tert-OH is 1. The number of para-hydroxylation sites is 1. The van der Waals surface area contributed by atoms with Crippen molar-refractivity contribution in [2.45, 2.75) is 70.2 Å². The average Bonchev–Trinajstić information content (AvgIpc) is 3.62. The van der Waals surface area contributed by atoms with Gasteiger partial charge in [0.2, 0.25) is 11.8 Å². The van der Waals surface area contributed by atoms with Gasteiger partial charge in [-0.15, -0.1) is 13.2 Å². The smallest absolute Gasteiger partial charge is 0.253 e. The second-order valence-corrected chi connectivity index (χ2v) is 12.4. The number of hydrogen-bond donors (Lipinski definition) is 1. The van der Waals surface area contributed by atoms with E-state index in [1.807, 2.05) is 69.3 Å². The number of amides is 3. The van der Waals surface area contributed by atoms with Crippen LogP contribution in [0.4, 0.5) is 5.69 Å². The molecule has 1 spiro atoms. The molecule has 3 heterocycles. The summed E-state index contributed by atoms with van der Waals surface area (Å²) in [5.74, 6) is -2.18. The molecule has 3 aliphatic rings. The quantitative estimate of drug-likeness (QED) is 0.341. The first kappa shape index (κ1) is 31.7. The molecular weight excluding hydrogens is 554 g/mol. The van der Waals surface area contributed by atoms with Gasteiger partial charge in [0.05, 0.1) is 17.4 Å². The summed E-state index contributed by atoms with van der Waals surface area (Å²) in [5.41, 5.74) is 1.65. The highest BCUT2D eigenvalue weighted by Gasteiger charge is 2.79. The summed E-state index contributed by atoms with van der Waals surface area (Å²) in [5, 5.41) is 9.76. The van der Waals surface area contributed by atoms with Crippen molar-refractivity contribution >= 4 is 23.4 Å². The molecule has 44 heavy (non-hydrogen) atoms. The van der Waals surface area contributed by atoms with E-state index in [4.69, 9.17) is 4.74 Å². The molecule has 234 valence electrons. The topological polar surface area (TPSA) is 90.4 Å². The van der Waals surface area contributed by atoms with E-state index in [1.165, 1.54) is 0 Å². The Balaban J connectivity index is 1.60. The highest BCUT2D eigenvalue weighted by Crippen LogP contribution is 2.64. The van der Waals surface area contributed by atoms with Gasteiger partial charge >= 0.3 is 0 Å². The molecule has 2 aromatic carbocycles. The number of aryl methyl sites for hydroxylation is 2. The summed E-state index contributed by atoms with van der Waals surface area (Å²) in [6.07, 6.45) is 5.35. The molecule has 3 aliphatic heterocycles. The number of benzene rings is 2. The molecule has 0 aliphatic carbocycles. The minimum atomic E-state index is -1.15. The third-order valence-corrected chi connectivity index (χ3v) is 9.90. The Hall–Kier alpha value is -3.75. The van der Waals surface area contributed by atoms with Crippen LogP contribution in [-0.4, -0.2) is 76.1 Å². The van der Waals surface area contributed by atoms with Crippen LogP contribution in [0.5, 0.6) is 0 Å². The standard InChI is InChI=1S/C36H45N3O5/c1-6-20-37(24-27-16-10-9-11-17-27)32(41)28-29-33(42)39(22-13-23-40)31(36(29)19-18-35(28,8-3)44-36)34(43)38(21-7-2)30-25(4)14-12-15-26(30)5/h6-7,9-12,14-17,28-29,31,40H,1-2,8,13,18-24H2,3-5H3/t28-,29-,31?,35+,36?/m0/s1. The lowest BCUT2D eigenvalue weighted by Gasteiger charge is -2.37. The van der Waals surface area contributed by atoms with Crippen molar-refractivity contribution in [3.8, 4) is 0 Å². The monoisotopic (exact) mass is 599 g/mol. The number of hydrogen-bond acceptors (Lipinski definition) is 5. The minimum Gasteiger partial charge on any atom is -0.396 e. The van der Waals surface area contributed by atoms with Crippen LogP contribution in [0, 0.1) is 25.7 Å². The van der Waals surface area contributed by atoms with Crippen molar-refractivity contribution in [2.24, 2.45) is 11.8 Å². The first-order chi connectivity index (χ1) is 21.2. The third-order valence-electron chi connectivity index (χ3n) is 9.90. The lowest BCUT2D eigenvalue weighted by molar-refractivity contribution is -0.151. The van der Waals surface area contributed by atoms with Gasteiger partial charge in [0.15, 0.2) is 0 Å². The Morgan fingerprint density at radius 3 is 2.32 bits per heavy atom. The van der Waals surface area contributed by atoms with Gasteiger partial charge in [-0.05, 0) is 56.2 Å². The van der Waals surface area contributed by atoms with Crippen LogP contribution >= 0.6 is 0 Å². The summed E-state index contributed by atoms with van der Waals surface area (Å²) < 4.78 is 7.00. The van der Waals surface area contributed by atoms with Crippen LogP contribution in [0.25, 0.3) is 0 Å². The molecule has 2 unspecified atom stereocenters. The largest absolute Gasteiger partial charge is 0.396 e. The molecule has 8 heteroatoms. The number of fused-ring (bicyclic) bond motifs is 1. The molecule has 3 amide bonds. The SMILES string of the molecule is C=CCN(Cc1ccccc1)C(=O)[C@@H]1[C@H]2C(=O)N(CCCO)C(C(=O)N(CC=C)c3c(C)cccc3C)C23CC[C@@]1(CC)O3. The zero-order valence-electron chi connectivity index (χ0n) is 26.2.